The molecule has 0 bridgehead atoms. The number of carbonyl (C=O) groups excluding carboxylic acids is 1. The number of carbonyl (C=O) groups is 1. The Kier molecular flexibility index (Phi) is 5.04. The molecule has 1 amide bonds. The van der Waals surface area contributed by atoms with E-state index < -0.39 is 5.54 Å². The molecule has 2 fully saturated rings. The topological polar surface area (TPSA) is 55.8 Å². The molecule has 1 atom stereocenters. The molecule has 2 saturated heterocycles. The lowest BCUT2D eigenvalue weighted by molar-refractivity contribution is -0.145. The van der Waals surface area contributed by atoms with E-state index in [2.05, 4.69) is 10.2 Å². The van der Waals surface area contributed by atoms with Gasteiger partial charge in [0.1, 0.15) is 0 Å². The third-order valence-corrected chi connectivity index (χ3v) is 4.94. The minimum absolute atomic E-state index is 0.239. The van der Waals surface area contributed by atoms with Crippen LogP contribution in [0.1, 0.15) is 33.6 Å². The maximum Gasteiger partial charge on any atom is 0.242 e. The summed E-state index contributed by atoms with van der Waals surface area (Å²) in [6.07, 6.45) is 1.58. The number of likely N-dealkylation sites (tertiary alicyclic amines) is 1. The van der Waals surface area contributed by atoms with Crippen LogP contribution in [-0.4, -0.2) is 71.7 Å². The van der Waals surface area contributed by atoms with Crippen molar-refractivity contribution in [1.82, 2.24) is 15.1 Å². The predicted molar refractivity (Wildman–Crippen MR) is 79.5 cm³/mol. The summed E-state index contributed by atoms with van der Waals surface area (Å²) in [5.74, 6) is 0.588. The van der Waals surface area contributed by atoms with Crippen molar-refractivity contribution in [1.29, 1.82) is 0 Å². The van der Waals surface area contributed by atoms with Crippen molar-refractivity contribution in [2.45, 2.75) is 45.3 Å². The van der Waals surface area contributed by atoms with E-state index >= 15 is 0 Å². The number of hydrogen-bond donors (Lipinski definition) is 2. The second-order valence-corrected chi connectivity index (χ2v) is 6.67. The van der Waals surface area contributed by atoms with E-state index in [1.54, 1.807) is 0 Å². The Labute approximate surface area is 122 Å². The van der Waals surface area contributed by atoms with Crippen LogP contribution in [0, 0.1) is 5.92 Å². The zero-order valence-corrected chi connectivity index (χ0v) is 13.1. The van der Waals surface area contributed by atoms with Gasteiger partial charge < -0.3 is 15.3 Å². The molecular formula is C15H29N3O2. The van der Waals surface area contributed by atoms with E-state index in [4.69, 9.17) is 0 Å². The third-order valence-electron chi connectivity index (χ3n) is 4.94. The lowest BCUT2D eigenvalue weighted by atomic mass is 9.90. The smallest absolute Gasteiger partial charge is 0.242 e. The summed E-state index contributed by atoms with van der Waals surface area (Å²) in [4.78, 5) is 17.1. The van der Waals surface area contributed by atoms with Gasteiger partial charge in [0.25, 0.3) is 0 Å². The fourth-order valence-corrected chi connectivity index (χ4v) is 3.33. The van der Waals surface area contributed by atoms with Crippen molar-refractivity contribution in [3.8, 4) is 0 Å². The molecule has 2 rings (SSSR count). The largest absolute Gasteiger partial charge is 0.393 e. The quantitative estimate of drug-likeness (QED) is 0.782. The van der Waals surface area contributed by atoms with Gasteiger partial charge in [0, 0.05) is 39.3 Å². The lowest BCUT2D eigenvalue weighted by Gasteiger charge is -2.44. The van der Waals surface area contributed by atoms with Gasteiger partial charge in [-0.15, -0.1) is 0 Å². The number of nitrogens with zero attached hydrogens (tertiary/aromatic N) is 2. The molecule has 116 valence electrons. The summed E-state index contributed by atoms with van der Waals surface area (Å²) in [7, 11) is 0. The number of nitrogens with one attached hydrogen (secondary N) is 1. The lowest BCUT2D eigenvalue weighted by Crippen LogP contribution is -2.61. The summed E-state index contributed by atoms with van der Waals surface area (Å²) < 4.78 is 0. The van der Waals surface area contributed by atoms with Gasteiger partial charge in [0.2, 0.25) is 5.91 Å². The van der Waals surface area contributed by atoms with E-state index in [0.29, 0.717) is 5.92 Å². The predicted octanol–water partition coefficient (Wildman–Crippen LogP) is 0.290. The zero-order valence-electron chi connectivity index (χ0n) is 13.1. The van der Waals surface area contributed by atoms with Crippen LogP contribution in [0.4, 0.5) is 0 Å². The zero-order chi connectivity index (χ0) is 14.8. The molecule has 0 saturated carbocycles. The van der Waals surface area contributed by atoms with E-state index in [-0.39, 0.29) is 12.0 Å². The average molecular weight is 283 g/mol. The van der Waals surface area contributed by atoms with Gasteiger partial charge >= 0.3 is 0 Å². The number of aliphatic hydroxyl groups excluding tert-OH is 1. The van der Waals surface area contributed by atoms with Crippen molar-refractivity contribution in [2.75, 3.05) is 39.3 Å². The Morgan fingerprint density at radius 3 is 2.25 bits per heavy atom. The van der Waals surface area contributed by atoms with Crippen molar-refractivity contribution in [3.63, 3.8) is 0 Å². The first-order valence-corrected chi connectivity index (χ1v) is 7.86. The molecule has 1 unspecified atom stereocenters. The average Bonchev–Trinajstić information content (AvgIpc) is 2.47. The van der Waals surface area contributed by atoms with Crippen LogP contribution in [0.25, 0.3) is 0 Å². The molecule has 5 nitrogen and oxygen atoms in total. The maximum absolute atomic E-state index is 12.8. The first-order valence-electron chi connectivity index (χ1n) is 7.86. The van der Waals surface area contributed by atoms with Gasteiger partial charge in [-0.2, -0.15) is 0 Å². The summed E-state index contributed by atoms with van der Waals surface area (Å²) in [5, 5.41) is 13.0. The highest BCUT2D eigenvalue weighted by Gasteiger charge is 2.39. The Morgan fingerprint density at radius 1 is 1.20 bits per heavy atom. The maximum atomic E-state index is 12.8. The SMILES string of the molecule is CC(O)C1CCN(C(=O)C(C)(C)N2CCNCC2)CC1. The van der Waals surface area contributed by atoms with Crippen molar-refractivity contribution >= 4 is 5.91 Å². The number of rotatable bonds is 3. The van der Waals surface area contributed by atoms with Crippen LogP contribution in [-0.2, 0) is 4.79 Å². The number of hydrogen-bond acceptors (Lipinski definition) is 4. The number of amides is 1. The molecule has 2 N–H and O–H groups in total. The molecule has 2 heterocycles. The molecule has 5 heteroatoms. The minimum Gasteiger partial charge on any atom is -0.393 e. The highest BCUT2D eigenvalue weighted by molar-refractivity contribution is 5.85. The Bertz CT molecular complexity index is 330. The van der Waals surface area contributed by atoms with E-state index in [0.717, 1.165) is 52.1 Å². The molecule has 2 aliphatic rings. The molecule has 0 spiro atoms. The first-order chi connectivity index (χ1) is 9.43. The molecule has 0 aromatic heterocycles. The number of piperazine rings is 1. The molecule has 2 aliphatic heterocycles. The fraction of sp³-hybridized carbons (Fsp3) is 0.933. The normalized spacial score (nSPS) is 24.7. The summed E-state index contributed by atoms with van der Waals surface area (Å²) in [5.41, 5.74) is -0.417. The minimum atomic E-state index is -0.417. The van der Waals surface area contributed by atoms with Gasteiger partial charge in [-0.1, -0.05) is 0 Å². The molecule has 0 aromatic carbocycles. The monoisotopic (exact) mass is 283 g/mol. The van der Waals surface area contributed by atoms with Crippen LogP contribution in [0.3, 0.4) is 0 Å². The van der Waals surface area contributed by atoms with E-state index in [1.807, 2.05) is 25.7 Å². The van der Waals surface area contributed by atoms with Gasteiger partial charge in [0.15, 0.2) is 0 Å². The molecule has 0 radical (unpaired) electrons. The van der Waals surface area contributed by atoms with E-state index in [9.17, 15) is 9.90 Å². The standard InChI is InChI=1S/C15H29N3O2/c1-12(19)13-4-8-17(9-5-13)14(20)15(2,3)18-10-6-16-7-11-18/h12-13,16,19H,4-11H2,1-3H3. The Hall–Kier alpha value is -0.650. The molecule has 20 heavy (non-hydrogen) atoms. The Balaban J connectivity index is 1.93. The summed E-state index contributed by atoms with van der Waals surface area (Å²) in [6.45, 7) is 11.3. The third kappa shape index (κ3) is 3.32. The van der Waals surface area contributed by atoms with Crippen molar-refractivity contribution in [2.24, 2.45) is 5.92 Å². The van der Waals surface area contributed by atoms with Crippen molar-refractivity contribution in [3.05, 3.63) is 0 Å². The number of piperidine rings is 1. The van der Waals surface area contributed by atoms with Crippen LogP contribution in [0.5, 0.6) is 0 Å². The highest BCUT2D eigenvalue weighted by Crippen LogP contribution is 2.25. The summed E-state index contributed by atoms with van der Waals surface area (Å²) in [6, 6.07) is 0. The second-order valence-electron chi connectivity index (χ2n) is 6.67. The van der Waals surface area contributed by atoms with Gasteiger partial charge in [-0.3, -0.25) is 9.69 Å². The highest BCUT2D eigenvalue weighted by atomic mass is 16.3. The number of aliphatic hydroxyl groups is 1. The molecule has 0 aromatic rings. The van der Waals surface area contributed by atoms with Crippen LogP contribution < -0.4 is 5.32 Å². The van der Waals surface area contributed by atoms with Gasteiger partial charge in [-0.05, 0) is 39.5 Å². The molecule has 0 aliphatic carbocycles. The molecular weight excluding hydrogens is 254 g/mol. The van der Waals surface area contributed by atoms with Crippen molar-refractivity contribution < 1.29 is 9.90 Å². The first kappa shape index (κ1) is 15.7. The van der Waals surface area contributed by atoms with Gasteiger partial charge in [-0.25, -0.2) is 0 Å². The van der Waals surface area contributed by atoms with E-state index in [1.165, 1.54) is 0 Å². The van der Waals surface area contributed by atoms with Crippen LogP contribution in [0.2, 0.25) is 0 Å². The fourth-order valence-electron chi connectivity index (χ4n) is 3.33. The van der Waals surface area contributed by atoms with Crippen LogP contribution >= 0.6 is 0 Å². The summed E-state index contributed by atoms with van der Waals surface area (Å²) >= 11 is 0. The second kappa shape index (κ2) is 6.41. The van der Waals surface area contributed by atoms with Gasteiger partial charge in [0.05, 0.1) is 11.6 Å². The van der Waals surface area contributed by atoms with Crippen LogP contribution in [0.15, 0.2) is 0 Å². The Morgan fingerprint density at radius 2 is 1.75 bits per heavy atom.